The van der Waals surface area contributed by atoms with Crippen LogP contribution in [0.5, 0.6) is 0 Å². The Hall–Kier alpha value is -7.52. The number of carbonyl (C=O) groups excluding carboxylic acids is 8. The molecule has 88 heavy (non-hydrogen) atoms. The van der Waals surface area contributed by atoms with Gasteiger partial charge in [-0.3, -0.25) is 38.4 Å². The summed E-state index contributed by atoms with van der Waals surface area (Å²) in [6, 6.07) is 30.8. The van der Waals surface area contributed by atoms with E-state index >= 15 is 0 Å². The van der Waals surface area contributed by atoms with Gasteiger partial charge in [0.15, 0.2) is 0 Å². The molecule has 0 radical (unpaired) electrons. The van der Waals surface area contributed by atoms with Gasteiger partial charge in [0, 0.05) is 64.4 Å². The first-order chi connectivity index (χ1) is 42.6. The molecule has 0 aromatic heterocycles. The molecule has 2 aliphatic carbocycles. The fourth-order valence-electron chi connectivity index (χ4n) is 12.9. The minimum absolute atomic E-state index is 0.0538. The third-order valence-electron chi connectivity index (χ3n) is 18.5. The van der Waals surface area contributed by atoms with Crippen LogP contribution in [0.15, 0.2) is 109 Å². The fourth-order valence-corrected chi connectivity index (χ4v) is 12.9. The summed E-state index contributed by atoms with van der Waals surface area (Å²) >= 11 is 0. The number of methoxy groups -OCH3 is 2. The second-order valence-corrected chi connectivity index (χ2v) is 24.1. The zero-order valence-electron chi connectivity index (χ0n) is 52.2. The van der Waals surface area contributed by atoms with E-state index in [4.69, 9.17) is 9.47 Å². The van der Waals surface area contributed by atoms with Gasteiger partial charge in [0.2, 0.25) is 35.4 Å². The maximum absolute atomic E-state index is 14.9. The third-order valence-corrected chi connectivity index (χ3v) is 18.5. The monoisotopic (exact) mass is 1210 g/mol. The minimum Gasteiger partial charge on any atom is -0.379 e. The van der Waals surface area contributed by atoms with Crippen LogP contribution in [0.4, 0.5) is 0 Å². The van der Waals surface area contributed by atoms with E-state index in [0.717, 1.165) is 86.5 Å². The van der Waals surface area contributed by atoms with Gasteiger partial charge in [-0.15, -0.1) is 0 Å². The maximum Gasteiger partial charge on any atom is 0.251 e. The average Bonchev–Trinajstić information content (AvgIpc) is 2.06. The summed E-state index contributed by atoms with van der Waals surface area (Å²) in [5.74, 6) is -2.80. The molecule has 4 aliphatic rings. The summed E-state index contributed by atoms with van der Waals surface area (Å²) in [5, 5.41) is 17.8. The number of nitrogens with zero attached hydrogens (tertiary/aromatic N) is 4. The molecule has 2 saturated carbocycles. The first-order valence-electron chi connectivity index (χ1n) is 31.7. The number of hydrogen-bond donors (Lipinski definition) is 6. The molecule has 2 unspecified atom stereocenters. The summed E-state index contributed by atoms with van der Waals surface area (Å²) in [6.07, 6.45) is 8.85. The number of ether oxygens (including phenoxy) is 2. The second kappa shape index (κ2) is 32.6. The lowest BCUT2D eigenvalue weighted by Gasteiger charge is -2.39. The molecule has 4 fully saturated rings. The van der Waals surface area contributed by atoms with E-state index in [0.29, 0.717) is 36.8 Å². The molecule has 8 amide bonds. The SMILES string of the molecule is CN[C@@H](C)C(=O)N[C@H](C(=O)N1C[C@@H](OC)CC1N(CCc1ccccc1)C(=O)CNC(=O)c1ccc(-c2ccc(C(=O)NCC(=O)N(CCc3ccccc3)C3C[C@H](OC)CN3C(=O)[C@@H](NC(=O)[C@H](C)NC)C3CCCCC3)cc2)cc1)C1CCCCC1. The highest BCUT2D eigenvalue weighted by Gasteiger charge is 2.47. The van der Waals surface area contributed by atoms with Crippen LogP contribution in [0.1, 0.15) is 123 Å². The highest BCUT2D eigenvalue weighted by atomic mass is 16.5. The molecule has 8 rings (SSSR count). The van der Waals surface area contributed by atoms with Crippen LogP contribution in [0.3, 0.4) is 0 Å². The predicted octanol–water partition coefficient (Wildman–Crippen LogP) is 5.45. The molecule has 6 N–H and O–H groups in total. The summed E-state index contributed by atoms with van der Waals surface area (Å²) < 4.78 is 11.7. The Bertz CT molecular complexity index is 2760. The first kappa shape index (κ1) is 66.4. The van der Waals surface area contributed by atoms with Gasteiger partial charge in [-0.2, -0.15) is 0 Å². The van der Waals surface area contributed by atoms with Gasteiger partial charge in [-0.1, -0.05) is 123 Å². The van der Waals surface area contributed by atoms with E-state index in [-0.39, 0.29) is 98.8 Å². The molecule has 0 bridgehead atoms. The molecular formula is C68H92N10O10. The number of carbonyl (C=O) groups is 8. The van der Waals surface area contributed by atoms with E-state index < -0.39 is 48.3 Å². The van der Waals surface area contributed by atoms with Crippen LogP contribution in [0, 0.1) is 11.8 Å². The molecule has 20 nitrogen and oxygen atoms in total. The van der Waals surface area contributed by atoms with Gasteiger partial charge < -0.3 is 61.0 Å². The summed E-state index contributed by atoms with van der Waals surface area (Å²) in [6.45, 7) is 3.85. The van der Waals surface area contributed by atoms with Gasteiger partial charge in [-0.05, 0) is 125 Å². The van der Waals surface area contributed by atoms with Crippen LogP contribution in [0.25, 0.3) is 11.1 Å². The third kappa shape index (κ3) is 17.4. The Morgan fingerprint density at radius 3 is 1.18 bits per heavy atom. The number of amides is 8. The quantitative estimate of drug-likeness (QED) is 0.0437. The predicted molar refractivity (Wildman–Crippen MR) is 336 cm³/mol. The molecule has 2 aliphatic heterocycles. The van der Waals surface area contributed by atoms with Gasteiger partial charge in [-0.25, -0.2) is 0 Å². The molecule has 4 aromatic carbocycles. The van der Waals surface area contributed by atoms with Crippen molar-refractivity contribution in [1.29, 1.82) is 0 Å². The Labute approximate surface area is 518 Å². The fraction of sp³-hybridized carbons (Fsp3) is 0.529. The number of nitrogens with one attached hydrogen (secondary N) is 6. The molecule has 4 aromatic rings. The smallest absolute Gasteiger partial charge is 0.251 e. The van der Waals surface area contributed by atoms with E-state index in [9.17, 15) is 38.4 Å². The zero-order chi connectivity index (χ0) is 62.7. The minimum atomic E-state index is -0.773. The van der Waals surface area contributed by atoms with Crippen molar-refractivity contribution < 1.29 is 47.8 Å². The number of benzene rings is 4. The molecule has 2 saturated heterocycles. The van der Waals surface area contributed by atoms with Gasteiger partial charge in [0.05, 0.1) is 37.4 Å². The summed E-state index contributed by atoms with van der Waals surface area (Å²) in [4.78, 5) is 120. The lowest BCUT2D eigenvalue weighted by Crippen LogP contribution is -2.60. The number of hydrogen-bond acceptors (Lipinski definition) is 12. The highest BCUT2D eigenvalue weighted by molar-refractivity contribution is 5.98. The number of likely N-dealkylation sites (tertiary alicyclic amines) is 2. The highest BCUT2D eigenvalue weighted by Crippen LogP contribution is 2.33. The lowest BCUT2D eigenvalue weighted by molar-refractivity contribution is -0.148. The van der Waals surface area contributed by atoms with Crippen molar-refractivity contribution in [2.45, 2.75) is 152 Å². The number of likely N-dealkylation sites (N-methyl/N-ethyl adjacent to an activating group) is 2. The van der Waals surface area contributed by atoms with Crippen molar-refractivity contribution in [3.8, 4) is 11.1 Å². The normalized spacial score (nSPS) is 20.2. The van der Waals surface area contributed by atoms with Crippen molar-refractivity contribution in [3.05, 3.63) is 131 Å². The molecule has 474 valence electrons. The molecule has 8 atom stereocenters. The number of rotatable bonds is 27. The molecule has 0 spiro atoms. The van der Waals surface area contributed by atoms with Crippen molar-refractivity contribution >= 4 is 47.3 Å². The van der Waals surface area contributed by atoms with Crippen molar-refractivity contribution in [3.63, 3.8) is 0 Å². The van der Waals surface area contributed by atoms with Crippen LogP contribution in [-0.2, 0) is 51.1 Å². The Kier molecular flexibility index (Phi) is 24.6. The van der Waals surface area contributed by atoms with Crippen LogP contribution in [0.2, 0.25) is 0 Å². The van der Waals surface area contributed by atoms with Crippen molar-refractivity contribution in [2.24, 2.45) is 11.8 Å². The largest absolute Gasteiger partial charge is 0.379 e. The Balaban J connectivity index is 0.915. The average molecular weight is 1210 g/mol. The van der Waals surface area contributed by atoms with E-state index in [1.54, 1.807) is 110 Å². The van der Waals surface area contributed by atoms with E-state index in [2.05, 4.69) is 31.9 Å². The van der Waals surface area contributed by atoms with Gasteiger partial charge >= 0.3 is 0 Å². The maximum atomic E-state index is 14.9. The van der Waals surface area contributed by atoms with E-state index in [1.165, 1.54) is 0 Å². The van der Waals surface area contributed by atoms with Crippen molar-refractivity contribution in [2.75, 3.05) is 67.6 Å². The van der Waals surface area contributed by atoms with Crippen LogP contribution in [-0.4, -0.2) is 183 Å². The van der Waals surface area contributed by atoms with Crippen molar-refractivity contribution in [1.82, 2.24) is 51.5 Å². The van der Waals surface area contributed by atoms with Gasteiger partial charge in [0.25, 0.3) is 11.8 Å². The topological polar surface area (TPSA) is 240 Å². The standard InChI is InChI=1S/C68H92N10O10/c1-45(69-3)63(81)73-61(51-23-15-9-16-24-51)67(85)77-43-55(87-5)39-57(77)75(37-35-47-19-11-7-12-20-47)59(79)41-71-65(83)53-31-27-49(28-32-53)50-29-33-54(34-30-50)66(84)72-42-60(80)76(38-36-48-21-13-8-14-22-48)58-40-56(88-6)44-78(58)68(86)62(52-25-17-10-18-26-52)74-64(82)46(2)70-4/h7-8,11-14,19-22,27-34,45-46,51-52,55-58,61-62,69-70H,9-10,15-18,23-26,35-44H2,1-6H3,(H,71,83)(H,72,84)(H,73,81)(H,74,82)/t45-,46-,55-,56-,57?,58?,61-,62-/m0/s1. The van der Waals surface area contributed by atoms with Crippen LogP contribution < -0.4 is 31.9 Å². The summed E-state index contributed by atoms with van der Waals surface area (Å²) in [7, 11) is 6.59. The summed E-state index contributed by atoms with van der Waals surface area (Å²) in [5.41, 5.74) is 4.19. The zero-order valence-corrected chi connectivity index (χ0v) is 52.2. The Morgan fingerprint density at radius 1 is 0.500 bits per heavy atom. The molecule has 20 heteroatoms. The van der Waals surface area contributed by atoms with E-state index in [1.807, 2.05) is 60.7 Å². The van der Waals surface area contributed by atoms with Gasteiger partial charge in [0.1, 0.15) is 24.4 Å². The first-order valence-corrected chi connectivity index (χ1v) is 31.7. The molecular weight excluding hydrogens is 1120 g/mol. The molecule has 2 heterocycles. The van der Waals surface area contributed by atoms with Crippen LogP contribution >= 0.6 is 0 Å². The Morgan fingerprint density at radius 2 is 0.852 bits per heavy atom. The second-order valence-electron chi connectivity index (χ2n) is 24.1. The lowest BCUT2D eigenvalue weighted by atomic mass is 9.83.